The first-order valence-electron chi connectivity index (χ1n) is 7.93. The third-order valence-electron chi connectivity index (χ3n) is 4.90. The summed E-state index contributed by atoms with van der Waals surface area (Å²) >= 11 is 0. The van der Waals surface area contributed by atoms with Crippen LogP contribution in [0.5, 0.6) is 0 Å². The molecule has 2 N–H and O–H groups in total. The van der Waals surface area contributed by atoms with Crippen LogP contribution < -0.4 is 10.0 Å². The summed E-state index contributed by atoms with van der Waals surface area (Å²) in [6.07, 6.45) is 5.70. The summed E-state index contributed by atoms with van der Waals surface area (Å²) in [6, 6.07) is 5.44. The first-order valence-corrected chi connectivity index (χ1v) is 9.41. The summed E-state index contributed by atoms with van der Waals surface area (Å²) < 4.78 is 27.7. The van der Waals surface area contributed by atoms with Crippen LogP contribution in [0.4, 0.5) is 5.69 Å². The molecule has 116 valence electrons. The maximum absolute atomic E-state index is 12.4. The average molecular weight is 308 g/mol. The number of nitrogens with one attached hydrogen (secondary N) is 2. The first kappa shape index (κ1) is 14.9. The highest BCUT2D eigenvalue weighted by Crippen LogP contribution is 2.31. The summed E-state index contributed by atoms with van der Waals surface area (Å²) in [7, 11) is -3.39. The standard InChI is InChI=1S/C16H24N2O2S/c1-12-4-2-5-14(12)11-18-21(19,20)15-8-7-13-6-3-9-17-16(13)10-15/h7-8,10,12,14,17-18H,2-6,9,11H2,1H3. The van der Waals surface area contributed by atoms with E-state index in [1.165, 1.54) is 18.4 Å². The van der Waals surface area contributed by atoms with Crippen molar-refractivity contribution in [1.29, 1.82) is 0 Å². The van der Waals surface area contributed by atoms with E-state index in [1.807, 2.05) is 6.07 Å². The molecule has 2 atom stereocenters. The smallest absolute Gasteiger partial charge is 0.240 e. The fourth-order valence-electron chi connectivity index (χ4n) is 3.43. The number of aryl methyl sites for hydroxylation is 1. The van der Waals surface area contributed by atoms with Crippen molar-refractivity contribution in [2.24, 2.45) is 11.8 Å². The molecule has 0 amide bonds. The van der Waals surface area contributed by atoms with Crippen LogP contribution in [0.15, 0.2) is 23.1 Å². The molecule has 0 bridgehead atoms. The van der Waals surface area contributed by atoms with Gasteiger partial charge in [-0.15, -0.1) is 0 Å². The molecule has 5 heteroatoms. The molecule has 0 spiro atoms. The van der Waals surface area contributed by atoms with Crippen LogP contribution in [0.3, 0.4) is 0 Å². The van der Waals surface area contributed by atoms with Gasteiger partial charge in [0.2, 0.25) is 10.0 Å². The molecule has 1 aromatic carbocycles. The predicted molar refractivity (Wildman–Crippen MR) is 84.9 cm³/mol. The molecule has 1 aliphatic carbocycles. The topological polar surface area (TPSA) is 58.2 Å². The second-order valence-corrected chi connectivity index (χ2v) is 8.14. The summed E-state index contributed by atoms with van der Waals surface area (Å²) in [5.74, 6) is 1.11. The van der Waals surface area contributed by atoms with Crippen molar-refractivity contribution in [1.82, 2.24) is 4.72 Å². The van der Waals surface area contributed by atoms with Crippen molar-refractivity contribution in [3.8, 4) is 0 Å². The number of benzene rings is 1. The van der Waals surface area contributed by atoms with Crippen molar-refractivity contribution in [3.05, 3.63) is 23.8 Å². The molecule has 3 rings (SSSR count). The van der Waals surface area contributed by atoms with Crippen molar-refractivity contribution in [3.63, 3.8) is 0 Å². The van der Waals surface area contributed by atoms with E-state index < -0.39 is 10.0 Å². The number of sulfonamides is 1. The molecule has 0 aromatic heterocycles. The van der Waals surface area contributed by atoms with Gasteiger partial charge in [0, 0.05) is 18.8 Å². The first-order chi connectivity index (χ1) is 10.1. The van der Waals surface area contributed by atoms with Crippen LogP contribution in [0.25, 0.3) is 0 Å². The molecule has 2 unspecified atom stereocenters. The molecule has 21 heavy (non-hydrogen) atoms. The van der Waals surface area contributed by atoms with Crippen LogP contribution in [0.2, 0.25) is 0 Å². The molecule has 0 radical (unpaired) electrons. The Morgan fingerprint density at radius 1 is 1.29 bits per heavy atom. The molecule has 4 nitrogen and oxygen atoms in total. The Bertz CT molecular complexity index is 613. The van der Waals surface area contributed by atoms with Gasteiger partial charge in [0.25, 0.3) is 0 Å². The lowest BCUT2D eigenvalue weighted by atomic mass is 9.99. The van der Waals surface area contributed by atoms with Gasteiger partial charge in [-0.2, -0.15) is 0 Å². The van der Waals surface area contributed by atoms with Crippen LogP contribution in [-0.2, 0) is 16.4 Å². The van der Waals surface area contributed by atoms with Crippen molar-refractivity contribution in [2.45, 2.75) is 43.9 Å². The third-order valence-corrected chi connectivity index (χ3v) is 6.33. The Morgan fingerprint density at radius 3 is 2.90 bits per heavy atom. The van der Waals surface area contributed by atoms with E-state index in [9.17, 15) is 8.42 Å². The fourth-order valence-corrected chi connectivity index (χ4v) is 4.55. The van der Waals surface area contributed by atoms with Gasteiger partial charge in [-0.25, -0.2) is 13.1 Å². The quantitative estimate of drug-likeness (QED) is 0.899. The van der Waals surface area contributed by atoms with Gasteiger partial charge in [0.1, 0.15) is 0 Å². The highest BCUT2D eigenvalue weighted by molar-refractivity contribution is 7.89. The lowest BCUT2D eigenvalue weighted by molar-refractivity contribution is 0.414. The van der Waals surface area contributed by atoms with Crippen LogP contribution in [-0.4, -0.2) is 21.5 Å². The Kier molecular flexibility index (Phi) is 4.22. The second-order valence-electron chi connectivity index (χ2n) is 6.37. The lowest BCUT2D eigenvalue weighted by Crippen LogP contribution is -2.30. The largest absolute Gasteiger partial charge is 0.385 e. The number of hydrogen-bond acceptors (Lipinski definition) is 3. The van der Waals surface area contributed by atoms with Crippen molar-refractivity contribution < 1.29 is 8.42 Å². The highest BCUT2D eigenvalue weighted by atomic mass is 32.2. The van der Waals surface area contributed by atoms with Gasteiger partial charge >= 0.3 is 0 Å². The molecular formula is C16H24N2O2S. The minimum Gasteiger partial charge on any atom is -0.385 e. The van der Waals surface area contributed by atoms with E-state index in [-0.39, 0.29) is 0 Å². The highest BCUT2D eigenvalue weighted by Gasteiger charge is 2.25. The van der Waals surface area contributed by atoms with Gasteiger partial charge in [0.15, 0.2) is 0 Å². The van der Waals surface area contributed by atoms with Gasteiger partial charge in [-0.3, -0.25) is 0 Å². The molecule has 2 aliphatic rings. The number of rotatable bonds is 4. The summed E-state index contributed by atoms with van der Waals surface area (Å²) in [5.41, 5.74) is 2.18. The SMILES string of the molecule is CC1CCCC1CNS(=O)(=O)c1ccc2c(c1)NCCC2. The van der Waals surface area contributed by atoms with Gasteiger partial charge in [0.05, 0.1) is 4.90 Å². The normalized spacial score (nSPS) is 25.4. The molecule has 1 aromatic rings. The lowest BCUT2D eigenvalue weighted by Gasteiger charge is -2.20. The van der Waals surface area contributed by atoms with E-state index >= 15 is 0 Å². The monoisotopic (exact) mass is 308 g/mol. The zero-order valence-electron chi connectivity index (χ0n) is 12.6. The summed E-state index contributed by atoms with van der Waals surface area (Å²) in [5, 5.41) is 3.29. The van der Waals surface area contributed by atoms with E-state index in [2.05, 4.69) is 17.0 Å². The number of hydrogen-bond donors (Lipinski definition) is 2. The molecule has 1 heterocycles. The number of anilines is 1. The van der Waals surface area contributed by atoms with E-state index in [0.717, 1.165) is 31.5 Å². The Morgan fingerprint density at radius 2 is 2.14 bits per heavy atom. The third kappa shape index (κ3) is 3.24. The van der Waals surface area contributed by atoms with E-state index in [4.69, 9.17) is 0 Å². The fraction of sp³-hybridized carbons (Fsp3) is 0.625. The Labute approximate surface area is 127 Å². The predicted octanol–water partition coefficient (Wildman–Crippen LogP) is 2.76. The Balaban J connectivity index is 1.72. The minimum atomic E-state index is -3.39. The molecule has 1 fully saturated rings. The van der Waals surface area contributed by atoms with E-state index in [1.54, 1.807) is 12.1 Å². The Hall–Kier alpha value is -1.07. The van der Waals surface area contributed by atoms with Crippen molar-refractivity contribution in [2.75, 3.05) is 18.4 Å². The average Bonchev–Trinajstić information content (AvgIpc) is 2.90. The number of fused-ring (bicyclic) bond motifs is 1. The second kappa shape index (κ2) is 5.97. The zero-order valence-corrected chi connectivity index (χ0v) is 13.4. The van der Waals surface area contributed by atoms with E-state index in [0.29, 0.717) is 23.3 Å². The van der Waals surface area contributed by atoms with Crippen LogP contribution >= 0.6 is 0 Å². The molecule has 0 saturated heterocycles. The zero-order chi connectivity index (χ0) is 14.9. The summed E-state index contributed by atoms with van der Waals surface area (Å²) in [6.45, 7) is 3.70. The van der Waals surface area contributed by atoms with Gasteiger partial charge in [-0.05, 0) is 48.8 Å². The molecule has 1 aliphatic heterocycles. The van der Waals surface area contributed by atoms with Gasteiger partial charge < -0.3 is 5.32 Å². The summed E-state index contributed by atoms with van der Waals surface area (Å²) in [4.78, 5) is 0.376. The van der Waals surface area contributed by atoms with Gasteiger partial charge in [-0.1, -0.05) is 25.8 Å². The maximum Gasteiger partial charge on any atom is 0.240 e. The van der Waals surface area contributed by atoms with Crippen LogP contribution in [0.1, 0.15) is 38.2 Å². The van der Waals surface area contributed by atoms with Crippen LogP contribution in [0, 0.1) is 11.8 Å². The molecular weight excluding hydrogens is 284 g/mol. The molecule has 1 saturated carbocycles. The minimum absolute atomic E-state index is 0.376. The maximum atomic E-state index is 12.4. The van der Waals surface area contributed by atoms with Crippen molar-refractivity contribution >= 4 is 15.7 Å².